The maximum absolute atomic E-state index is 5.06. The molecular weight excluding hydrogens is 787 g/mol. The van der Waals surface area contributed by atoms with Gasteiger partial charge in [0.05, 0.1) is 5.70 Å². The monoisotopic (exact) mass is 829 g/mol. The van der Waals surface area contributed by atoms with Crippen molar-refractivity contribution < 1.29 is 0 Å². The van der Waals surface area contributed by atoms with Crippen LogP contribution in [-0.4, -0.2) is 26.5 Å². The Hall–Kier alpha value is -7.80. The van der Waals surface area contributed by atoms with Gasteiger partial charge in [0.1, 0.15) is 0 Å². The summed E-state index contributed by atoms with van der Waals surface area (Å²) < 4.78 is 0. The van der Waals surface area contributed by atoms with Crippen molar-refractivity contribution in [3.8, 4) is 56.4 Å². The largest absolute Gasteiger partial charge is 0.233 e. The second-order valence-electron chi connectivity index (χ2n) is 14.9. The summed E-state index contributed by atoms with van der Waals surface area (Å²) in [6, 6.07) is 75.0. The number of amidine groups is 1. The van der Waals surface area contributed by atoms with Crippen LogP contribution < -0.4 is 0 Å². The summed E-state index contributed by atoms with van der Waals surface area (Å²) in [6.45, 7) is 4.05. The zero-order valence-electron chi connectivity index (χ0n) is 35.0. The summed E-state index contributed by atoms with van der Waals surface area (Å²) in [5, 5.41) is 0. The first-order chi connectivity index (χ1) is 31.1. The highest BCUT2D eigenvalue weighted by molar-refractivity contribution is 7.99. The lowest BCUT2D eigenvalue weighted by atomic mass is 10.0. The normalized spacial score (nSPS) is 12.0. The van der Waals surface area contributed by atoms with Crippen molar-refractivity contribution in [2.45, 2.75) is 23.6 Å². The Morgan fingerprint density at radius 2 is 0.714 bits per heavy atom. The molecule has 0 fully saturated rings. The van der Waals surface area contributed by atoms with Crippen LogP contribution in [0, 0.1) is 0 Å². The van der Waals surface area contributed by atoms with Gasteiger partial charge < -0.3 is 0 Å². The van der Waals surface area contributed by atoms with Gasteiger partial charge in [-0.15, -0.1) is 0 Å². The van der Waals surface area contributed by atoms with E-state index < -0.39 is 0 Å². The lowest BCUT2D eigenvalue weighted by Gasteiger charge is -2.10. The van der Waals surface area contributed by atoms with Crippen LogP contribution in [0.5, 0.6) is 0 Å². The van der Waals surface area contributed by atoms with Crippen LogP contribution in [0.25, 0.3) is 62.1 Å². The molecule has 0 N–H and O–H groups in total. The van der Waals surface area contributed by atoms with E-state index in [-0.39, 0.29) is 0 Å². The summed E-state index contributed by atoms with van der Waals surface area (Å²) in [7, 11) is 0. The van der Waals surface area contributed by atoms with E-state index in [2.05, 4.69) is 121 Å². The molecule has 63 heavy (non-hydrogen) atoms. The number of rotatable bonds is 11. The van der Waals surface area contributed by atoms with Crippen LogP contribution >= 0.6 is 11.8 Å². The third kappa shape index (κ3) is 9.89. The third-order valence-corrected chi connectivity index (χ3v) is 11.6. The minimum absolute atomic E-state index is 0.644. The van der Waals surface area contributed by atoms with E-state index in [4.69, 9.17) is 24.9 Å². The highest BCUT2D eigenvalue weighted by atomic mass is 32.2. The highest BCUT2D eigenvalue weighted by Crippen LogP contribution is 2.33. The Balaban J connectivity index is 0.866. The zero-order chi connectivity index (χ0) is 42.8. The lowest BCUT2D eigenvalue weighted by Crippen LogP contribution is -2.04. The van der Waals surface area contributed by atoms with Gasteiger partial charge >= 0.3 is 0 Å². The number of hydrogen-bond acceptors (Lipinski definition) is 5. The SMILES string of the molecule is C/C=C(/N=C(N=C(C)c1ccc(-c2ccc(Sc3ccc(-c4ccc(-c5nc(-c6ccccc6)nc(-c6ccccc6)n5)cc4)cc3)cc2)cc1)c1ccccc1)c1ccccc1. The molecule has 9 rings (SSSR count). The van der Waals surface area contributed by atoms with Crippen molar-refractivity contribution in [3.63, 3.8) is 0 Å². The van der Waals surface area contributed by atoms with Gasteiger partial charge in [-0.05, 0) is 71.5 Å². The maximum Gasteiger partial charge on any atom is 0.164 e. The predicted molar refractivity (Wildman–Crippen MR) is 263 cm³/mol. The predicted octanol–water partition coefficient (Wildman–Crippen LogP) is 14.7. The minimum atomic E-state index is 0.644. The van der Waals surface area contributed by atoms with Crippen LogP contribution in [0.4, 0.5) is 0 Å². The van der Waals surface area contributed by atoms with Crippen molar-refractivity contribution in [1.82, 2.24) is 15.0 Å². The van der Waals surface area contributed by atoms with Crippen molar-refractivity contribution >= 4 is 29.0 Å². The molecule has 5 nitrogen and oxygen atoms in total. The first kappa shape index (κ1) is 40.6. The molecule has 0 aliphatic rings. The summed E-state index contributed by atoms with van der Waals surface area (Å²) >= 11 is 1.75. The van der Waals surface area contributed by atoms with Crippen molar-refractivity contribution in [3.05, 3.63) is 241 Å². The van der Waals surface area contributed by atoms with E-state index in [1.165, 1.54) is 9.79 Å². The molecule has 0 aliphatic heterocycles. The Kier molecular flexibility index (Phi) is 12.4. The molecule has 0 amide bonds. The number of nitrogens with zero attached hydrogens (tertiary/aromatic N) is 5. The van der Waals surface area contributed by atoms with E-state index in [0.29, 0.717) is 23.3 Å². The van der Waals surface area contributed by atoms with Crippen LogP contribution in [0.15, 0.2) is 244 Å². The molecule has 302 valence electrons. The molecule has 0 saturated heterocycles. The summed E-state index contributed by atoms with van der Waals surface area (Å²) in [6.07, 6.45) is 2.03. The molecule has 0 aliphatic carbocycles. The number of allylic oxidation sites excluding steroid dienone is 1. The molecule has 8 aromatic carbocycles. The molecule has 0 radical (unpaired) electrons. The third-order valence-electron chi connectivity index (χ3n) is 10.6. The molecule has 1 heterocycles. The average molecular weight is 830 g/mol. The molecular formula is C57H43N5S. The molecule has 0 bridgehead atoms. The molecule has 1 aromatic heterocycles. The molecule has 6 heteroatoms. The zero-order valence-corrected chi connectivity index (χ0v) is 35.8. The van der Waals surface area contributed by atoms with Gasteiger partial charge in [-0.3, -0.25) is 0 Å². The lowest BCUT2D eigenvalue weighted by molar-refractivity contribution is 1.07. The topological polar surface area (TPSA) is 63.4 Å². The van der Waals surface area contributed by atoms with E-state index in [9.17, 15) is 0 Å². The van der Waals surface area contributed by atoms with Gasteiger partial charge in [-0.1, -0.05) is 212 Å². The number of aromatic nitrogens is 3. The fourth-order valence-corrected chi connectivity index (χ4v) is 8.02. The molecule has 0 atom stereocenters. The standard InChI is InChI=1S/C57H43N5S/c1-3-53(46-16-8-4-9-17-46)59-54(47-18-10-5-11-19-47)58-40(2)41-24-26-42(27-25-41)44-32-36-51(37-33-44)63-52-38-34-45(35-39-52)43-28-30-50(31-29-43)57-61-55(48-20-12-6-13-21-48)60-56(62-57)49-22-14-7-15-23-49/h3-39H,1-2H3/b53-3+,58-40?,59-54?. The Morgan fingerprint density at radius 3 is 1.14 bits per heavy atom. The quantitative estimate of drug-likeness (QED) is 0.0962. The molecule has 9 aromatic rings. The number of aliphatic imine (C=N–C) groups is 2. The van der Waals surface area contributed by atoms with Crippen molar-refractivity contribution in [1.29, 1.82) is 0 Å². The Labute approximate surface area is 373 Å². The van der Waals surface area contributed by atoms with Crippen molar-refractivity contribution in [2.24, 2.45) is 9.98 Å². The smallest absolute Gasteiger partial charge is 0.164 e. The fraction of sp³-hybridized carbons (Fsp3) is 0.0351. The summed E-state index contributed by atoms with van der Waals surface area (Å²) in [5.74, 6) is 2.63. The van der Waals surface area contributed by atoms with E-state index >= 15 is 0 Å². The molecule has 0 saturated carbocycles. The van der Waals surface area contributed by atoms with Crippen molar-refractivity contribution in [2.75, 3.05) is 0 Å². The summed E-state index contributed by atoms with van der Waals surface area (Å²) in [4.78, 5) is 27.1. The summed E-state index contributed by atoms with van der Waals surface area (Å²) in [5.41, 5.74) is 12.3. The van der Waals surface area contributed by atoms with E-state index in [0.717, 1.165) is 67.0 Å². The van der Waals surface area contributed by atoms with Gasteiger partial charge in [0.15, 0.2) is 23.3 Å². The molecule has 0 unspecified atom stereocenters. The number of benzene rings is 8. The van der Waals surface area contributed by atoms with E-state index in [1.54, 1.807) is 11.8 Å². The Bertz CT molecular complexity index is 2960. The van der Waals surface area contributed by atoms with Gasteiger partial charge in [-0.25, -0.2) is 24.9 Å². The second kappa shape index (κ2) is 19.3. The number of hydrogen-bond donors (Lipinski definition) is 0. The highest BCUT2D eigenvalue weighted by Gasteiger charge is 2.13. The first-order valence-corrected chi connectivity index (χ1v) is 21.8. The maximum atomic E-state index is 5.06. The van der Waals surface area contributed by atoms with Crippen LogP contribution in [0.1, 0.15) is 30.5 Å². The van der Waals surface area contributed by atoms with Gasteiger partial charge in [0.25, 0.3) is 0 Å². The van der Waals surface area contributed by atoms with Gasteiger partial charge in [0.2, 0.25) is 0 Å². The van der Waals surface area contributed by atoms with E-state index in [1.807, 2.05) is 117 Å². The van der Waals surface area contributed by atoms with Gasteiger partial charge in [-0.2, -0.15) is 0 Å². The first-order valence-electron chi connectivity index (χ1n) is 20.9. The van der Waals surface area contributed by atoms with Gasteiger partial charge in [0, 0.05) is 37.8 Å². The molecule has 0 spiro atoms. The van der Waals surface area contributed by atoms with Crippen LogP contribution in [-0.2, 0) is 0 Å². The minimum Gasteiger partial charge on any atom is -0.233 e. The average Bonchev–Trinajstić information content (AvgIpc) is 3.36. The fourth-order valence-electron chi connectivity index (χ4n) is 7.20. The van der Waals surface area contributed by atoms with Crippen LogP contribution in [0.3, 0.4) is 0 Å². The second-order valence-corrected chi connectivity index (χ2v) is 16.0. The van der Waals surface area contributed by atoms with Crippen LogP contribution in [0.2, 0.25) is 0 Å². The Morgan fingerprint density at radius 1 is 0.365 bits per heavy atom.